The highest BCUT2D eigenvalue weighted by atomic mass is 16.5. The molecule has 2 aromatic heterocycles. The summed E-state index contributed by atoms with van der Waals surface area (Å²) in [6.07, 6.45) is 12.5. The summed E-state index contributed by atoms with van der Waals surface area (Å²) in [5, 5.41) is 4.10. The van der Waals surface area contributed by atoms with Crippen LogP contribution in [0.5, 0.6) is 5.75 Å². The molecule has 3 rings (SSSR count). The van der Waals surface area contributed by atoms with Crippen LogP contribution < -0.4 is 10.5 Å². The summed E-state index contributed by atoms with van der Waals surface area (Å²) in [6, 6.07) is 13.2. The highest BCUT2D eigenvalue weighted by Gasteiger charge is 2.00. The van der Waals surface area contributed by atoms with Crippen molar-refractivity contribution in [2.45, 2.75) is 45.6 Å². The number of amidine groups is 1. The van der Waals surface area contributed by atoms with Crippen LogP contribution >= 0.6 is 0 Å². The molecule has 7 heteroatoms. The number of pyridine rings is 1. The number of aryl methyl sites for hydroxylation is 1. The lowest BCUT2D eigenvalue weighted by Crippen LogP contribution is -2.14. The van der Waals surface area contributed by atoms with Gasteiger partial charge in [-0.25, -0.2) is 9.98 Å². The average molecular weight is 421 g/mol. The lowest BCUT2D eigenvalue weighted by atomic mass is 10.1. The third-order valence-electron chi connectivity index (χ3n) is 4.28. The van der Waals surface area contributed by atoms with E-state index in [-0.39, 0.29) is 0 Å². The van der Waals surface area contributed by atoms with E-state index in [1.165, 1.54) is 19.3 Å². The molecule has 0 aliphatic carbocycles. The van der Waals surface area contributed by atoms with Gasteiger partial charge in [-0.3, -0.25) is 9.67 Å². The van der Waals surface area contributed by atoms with Gasteiger partial charge in [-0.05, 0) is 56.2 Å². The predicted molar refractivity (Wildman–Crippen MR) is 126 cm³/mol. The molecular weight excluding hydrogens is 388 g/mol. The van der Waals surface area contributed by atoms with Gasteiger partial charge in [0.2, 0.25) is 0 Å². The molecule has 0 aliphatic heterocycles. The first-order chi connectivity index (χ1) is 15.2. The summed E-state index contributed by atoms with van der Waals surface area (Å²) in [7, 11) is 0. The van der Waals surface area contributed by atoms with Crippen molar-refractivity contribution in [2.24, 2.45) is 10.7 Å². The molecule has 0 spiro atoms. The van der Waals surface area contributed by atoms with Crippen LogP contribution in [0, 0.1) is 0 Å². The quantitative estimate of drug-likeness (QED) is 0.205. The maximum Gasteiger partial charge on any atom is 0.150 e. The monoisotopic (exact) mass is 420 g/mol. The van der Waals surface area contributed by atoms with Crippen LogP contribution in [-0.2, 0) is 6.54 Å². The average Bonchev–Trinajstić information content (AvgIpc) is 3.31. The van der Waals surface area contributed by atoms with E-state index in [2.05, 4.69) is 26.6 Å². The van der Waals surface area contributed by atoms with Crippen molar-refractivity contribution in [1.82, 2.24) is 19.7 Å². The SMILES string of the molecule is C=CC.NC(=Nc1ccc(OCCCCCCCn2cncn2)cc1)c1ccccn1. The first-order valence-corrected chi connectivity index (χ1v) is 10.6. The van der Waals surface area contributed by atoms with Crippen LogP contribution in [0.1, 0.15) is 44.7 Å². The summed E-state index contributed by atoms with van der Waals surface area (Å²) >= 11 is 0. The largest absolute Gasteiger partial charge is 0.494 e. The number of ether oxygens (including phenoxy) is 1. The summed E-state index contributed by atoms with van der Waals surface area (Å²) in [5.41, 5.74) is 7.44. The molecule has 0 atom stereocenters. The number of aromatic nitrogens is 4. The Balaban J connectivity index is 0.00000107. The van der Waals surface area contributed by atoms with Crippen molar-refractivity contribution in [3.63, 3.8) is 0 Å². The minimum Gasteiger partial charge on any atom is -0.494 e. The van der Waals surface area contributed by atoms with E-state index >= 15 is 0 Å². The van der Waals surface area contributed by atoms with Gasteiger partial charge in [0.05, 0.1) is 12.3 Å². The number of aliphatic imine (C=N–C) groups is 1. The summed E-state index contributed by atoms with van der Waals surface area (Å²) in [5.74, 6) is 1.25. The molecule has 0 saturated carbocycles. The first kappa shape index (κ1) is 23.8. The van der Waals surface area contributed by atoms with Crippen molar-refractivity contribution >= 4 is 11.5 Å². The molecule has 0 bridgehead atoms. The minimum atomic E-state index is 0.401. The van der Waals surface area contributed by atoms with Gasteiger partial charge in [0.25, 0.3) is 0 Å². The normalized spacial score (nSPS) is 10.8. The predicted octanol–water partition coefficient (Wildman–Crippen LogP) is 4.93. The number of allylic oxidation sites excluding steroid dienone is 1. The van der Waals surface area contributed by atoms with Crippen LogP contribution in [0.3, 0.4) is 0 Å². The molecular formula is C24H32N6O. The number of nitrogens with two attached hydrogens (primary N) is 1. The minimum absolute atomic E-state index is 0.401. The number of hydrogen-bond acceptors (Lipinski definition) is 5. The van der Waals surface area contributed by atoms with Crippen LogP contribution in [-0.4, -0.2) is 32.2 Å². The van der Waals surface area contributed by atoms with Gasteiger partial charge in [-0.2, -0.15) is 5.10 Å². The van der Waals surface area contributed by atoms with E-state index in [0.29, 0.717) is 11.5 Å². The van der Waals surface area contributed by atoms with Gasteiger partial charge < -0.3 is 10.5 Å². The molecule has 7 nitrogen and oxygen atoms in total. The van der Waals surface area contributed by atoms with Gasteiger partial charge in [0, 0.05) is 12.7 Å². The van der Waals surface area contributed by atoms with Crippen molar-refractivity contribution in [3.8, 4) is 5.75 Å². The molecule has 0 saturated heterocycles. The molecule has 0 radical (unpaired) electrons. The third-order valence-corrected chi connectivity index (χ3v) is 4.28. The lowest BCUT2D eigenvalue weighted by molar-refractivity contribution is 0.304. The Morgan fingerprint density at radius 1 is 1.10 bits per heavy atom. The Kier molecular flexibility index (Phi) is 11.1. The van der Waals surface area contributed by atoms with Crippen LogP contribution in [0.15, 0.2) is 79.0 Å². The van der Waals surface area contributed by atoms with Gasteiger partial charge in [0.1, 0.15) is 29.9 Å². The lowest BCUT2D eigenvalue weighted by Gasteiger charge is -2.07. The van der Waals surface area contributed by atoms with E-state index in [9.17, 15) is 0 Å². The Bertz CT molecular complexity index is 876. The van der Waals surface area contributed by atoms with Gasteiger partial charge >= 0.3 is 0 Å². The number of unbranched alkanes of at least 4 members (excludes halogenated alkanes) is 4. The third kappa shape index (κ3) is 9.71. The number of rotatable bonds is 11. The maximum absolute atomic E-state index is 5.99. The molecule has 31 heavy (non-hydrogen) atoms. The smallest absolute Gasteiger partial charge is 0.150 e. The molecule has 0 unspecified atom stereocenters. The van der Waals surface area contributed by atoms with E-state index in [4.69, 9.17) is 10.5 Å². The second-order valence-electron chi connectivity index (χ2n) is 6.89. The van der Waals surface area contributed by atoms with Gasteiger partial charge in [-0.1, -0.05) is 31.4 Å². The molecule has 0 fully saturated rings. The molecule has 164 valence electrons. The van der Waals surface area contributed by atoms with Crippen LogP contribution in [0.25, 0.3) is 0 Å². The molecule has 3 aromatic rings. The Labute approximate surface area is 184 Å². The summed E-state index contributed by atoms with van der Waals surface area (Å²) in [6.45, 7) is 6.91. The van der Waals surface area contributed by atoms with E-state index in [0.717, 1.165) is 37.4 Å². The molecule has 2 heterocycles. The maximum atomic E-state index is 5.99. The van der Waals surface area contributed by atoms with E-state index in [1.54, 1.807) is 24.9 Å². The fourth-order valence-electron chi connectivity index (χ4n) is 2.77. The first-order valence-electron chi connectivity index (χ1n) is 10.6. The Morgan fingerprint density at radius 3 is 2.52 bits per heavy atom. The molecule has 2 N–H and O–H groups in total. The molecule has 0 amide bonds. The highest BCUT2D eigenvalue weighted by molar-refractivity contribution is 5.97. The Morgan fingerprint density at radius 2 is 1.84 bits per heavy atom. The topological polar surface area (TPSA) is 91.2 Å². The number of benzene rings is 1. The molecule has 0 aliphatic rings. The van der Waals surface area contributed by atoms with Crippen LogP contribution in [0.2, 0.25) is 0 Å². The van der Waals surface area contributed by atoms with Gasteiger partial charge in [-0.15, -0.1) is 6.58 Å². The molecule has 1 aromatic carbocycles. The zero-order valence-corrected chi connectivity index (χ0v) is 18.2. The van der Waals surface area contributed by atoms with Crippen molar-refractivity contribution in [3.05, 3.63) is 79.7 Å². The fourth-order valence-corrected chi connectivity index (χ4v) is 2.77. The second-order valence-corrected chi connectivity index (χ2v) is 6.89. The summed E-state index contributed by atoms with van der Waals surface area (Å²) in [4.78, 5) is 12.5. The zero-order valence-electron chi connectivity index (χ0n) is 18.2. The highest BCUT2D eigenvalue weighted by Crippen LogP contribution is 2.19. The van der Waals surface area contributed by atoms with Crippen molar-refractivity contribution in [1.29, 1.82) is 0 Å². The zero-order chi connectivity index (χ0) is 22.2. The van der Waals surface area contributed by atoms with E-state index < -0.39 is 0 Å². The van der Waals surface area contributed by atoms with Gasteiger partial charge in [0.15, 0.2) is 0 Å². The summed E-state index contributed by atoms with van der Waals surface area (Å²) < 4.78 is 7.68. The van der Waals surface area contributed by atoms with Crippen molar-refractivity contribution < 1.29 is 4.74 Å². The number of hydrogen-bond donors (Lipinski definition) is 1. The second kappa shape index (κ2) is 14.5. The Hall–Kier alpha value is -3.48. The van der Waals surface area contributed by atoms with Crippen molar-refractivity contribution in [2.75, 3.05) is 6.61 Å². The number of nitrogens with zero attached hydrogens (tertiary/aromatic N) is 5. The van der Waals surface area contributed by atoms with E-state index in [1.807, 2.05) is 54.1 Å². The standard InChI is InChI=1S/C21H26N6O.C3H6/c22-21(20-8-4-5-13-24-20)26-18-9-11-19(12-10-18)28-15-7-3-1-2-6-14-27-17-23-16-25-27;1-3-2/h4-5,8-13,16-17H,1-3,6-7,14-15H2,(H2,22,26);3H,1H2,2H3. The fraction of sp³-hybridized carbons (Fsp3) is 0.333. The van der Waals surface area contributed by atoms with Crippen LogP contribution in [0.4, 0.5) is 5.69 Å².